The lowest BCUT2D eigenvalue weighted by Gasteiger charge is -2.35. The molecule has 0 aliphatic carbocycles. The molecule has 0 fully saturated rings. The standard InChI is InChI=1S/C16H12F6O2/c17-14(11-6-2-1-3-7-11,15(18,19)16(20,21)22)12-8-4-5-10(9-12)13(23)24/h1-9,13,23-24H. The predicted octanol–water partition coefficient (Wildman–Crippen LogP) is 4.08. The molecule has 1 unspecified atom stereocenters. The predicted molar refractivity (Wildman–Crippen MR) is 73.0 cm³/mol. The van der Waals surface area contributed by atoms with Crippen LogP contribution in [0.25, 0.3) is 0 Å². The van der Waals surface area contributed by atoms with Crippen LogP contribution in [0, 0.1) is 0 Å². The number of halogens is 6. The summed E-state index contributed by atoms with van der Waals surface area (Å²) in [7, 11) is 0. The maximum atomic E-state index is 15.3. The van der Waals surface area contributed by atoms with Crippen LogP contribution in [0.15, 0.2) is 54.6 Å². The molecule has 0 saturated carbocycles. The molecule has 2 N–H and O–H groups in total. The zero-order chi connectivity index (χ0) is 18.2. The summed E-state index contributed by atoms with van der Waals surface area (Å²) in [4.78, 5) is 0. The summed E-state index contributed by atoms with van der Waals surface area (Å²) in [5, 5.41) is 18.1. The van der Waals surface area contributed by atoms with E-state index < -0.39 is 40.7 Å². The zero-order valence-corrected chi connectivity index (χ0v) is 11.9. The summed E-state index contributed by atoms with van der Waals surface area (Å²) >= 11 is 0. The van der Waals surface area contributed by atoms with Crippen molar-refractivity contribution in [3.05, 3.63) is 71.3 Å². The number of aliphatic hydroxyl groups excluding tert-OH is 1. The van der Waals surface area contributed by atoms with Gasteiger partial charge in [0.1, 0.15) is 0 Å². The molecular weight excluding hydrogens is 338 g/mol. The van der Waals surface area contributed by atoms with E-state index in [1.807, 2.05) is 0 Å². The highest BCUT2D eigenvalue weighted by Crippen LogP contribution is 2.54. The molecule has 0 heterocycles. The fourth-order valence-corrected chi connectivity index (χ4v) is 2.31. The molecule has 0 aromatic heterocycles. The largest absolute Gasteiger partial charge is 0.457 e. The van der Waals surface area contributed by atoms with Gasteiger partial charge >= 0.3 is 12.1 Å². The van der Waals surface area contributed by atoms with Crippen molar-refractivity contribution in [2.45, 2.75) is 24.1 Å². The summed E-state index contributed by atoms with van der Waals surface area (Å²) in [5.41, 5.74) is -6.60. The van der Waals surface area contributed by atoms with Crippen molar-refractivity contribution in [2.24, 2.45) is 0 Å². The first-order valence-electron chi connectivity index (χ1n) is 6.67. The first kappa shape index (κ1) is 18.3. The van der Waals surface area contributed by atoms with Crippen molar-refractivity contribution >= 4 is 0 Å². The molecule has 2 rings (SSSR count). The van der Waals surface area contributed by atoms with Crippen LogP contribution < -0.4 is 0 Å². The minimum Gasteiger partial charge on any atom is -0.364 e. The van der Waals surface area contributed by atoms with Crippen LogP contribution in [0.2, 0.25) is 0 Å². The van der Waals surface area contributed by atoms with Gasteiger partial charge in [-0.3, -0.25) is 0 Å². The molecule has 0 aliphatic heterocycles. The minimum atomic E-state index is -6.16. The second kappa shape index (κ2) is 6.10. The van der Waals surface area contributed by atoms with Gasteiger partial charge in [-0.15, -0.1) is 0 Å². The van der Waals surface area contributed by atoms with E-state index in [4.69, 9.17) is 10.2 Å². The second-order valence-electron chi connectivity index (χ2n) is 5.10. The number of rotatable bonds is 4. The van der Waals surface area contributed by atoms with E-state index in [0.717, 1.165) is 42.5 Å². The van der Waals surface area contributed by atoms with E-state index in [1.54, 1.807) is 0 Å². The first-order valence-corrected chi connectivity index (χ1v) is 6.67. The first-order chi connectivity index (χ1) is 11.0. The van der Waals surface area contributed by atoms with E-state index >= 15 is 4.39 Å². The molecule has 24 heavy (non-hydrogen) atoms. The van der Waals surface area contributed by atoms with Gasteiger partial charge in [0.05, 0.1) is 0 Å². The Morgan fingerprint density at radius 2 is 1.25 bits per heavy atom. The summed E-state index contributed by atoms with van der Waals surface area (Å²) in [5.74, 6) is -5.75. The number of benzene rings is 2. The third-order valence-electron chi connectivity index (χ3n) is 3.54. The van der Waals surface area contributed by atoms with Gasteiger partial charge < -0.3 is 10.2 Å². The van der Waals surface area contributed by atoms with Crippen molar-refractivity contribution < 1.29 is 36.6 Å². The number of hydrogen-bond donors (Lipinski definition) is 2. The van der Waals surface area contributed by atoms with Crippen LogP contribution in [0.3, 0.4) is 0 Å². The maximum absolute atomic E-state index is 15.3. The van der Waals surface area contributed by atoms with Gasteiger partial charge in [0.2, 0.25) is 5.67 Å². The normalized spacial score (nSPS) is 15.4. The van der Waals surface area contributed by atoms with Crippen molar-refractivity contribution in [2.75, 3.05) is 0 Å². The number of aliphatic hydroxyl groups is 2. The van der Waals surface area contributed by atoms with E-state index in [0.29, 0.717) is 6.07 Å². The van der Waals surface area contributed by atoms with Crippen molar-refractivity contribution in [3.8, 4) is 0 Å². The van der Waals surface area contributed by atoms with Crippen molar-refractivity contribution in [3.63, 3.8) is 0 Å². The average molecular weight is 350 g/mol. The summed E-state index contributed by atoms with van der Waals surface area (Å²) < 4.78 is 82.1. The highest BCUT2D eigenvalue weighted by atomic mass is 19.4. The van der Waals surface area contributed by atoms with Crippen molar-refractivity contribution in [1.29, 1.82) is 0 Å². The number of hydrogen-bond acceptors (Lipinski definition) is 2. The van der Waals surface area contributed by atoms with Crippen LogP contribution in [-0.2, 0) is 5.67 Å². The molecule has 2 nitrogen and oxygen atoms in total. The highest BCUT2D eigenvalue weighted by Gasteiger charge is 2.72. The Labute approximate surface area is 133 Å². The molecule has 1 atom stereocenters. The lowest BCUT2D eigenvalue weighted by Crippen LogP contribution is -2.53. The fourth-order valence-electron chi connectivity index (χ4n) is 2.31. The topological polar surface area (TPSA) is 40.5 Å². The lowest BCUT2D eigenvalue weighted by molar-refractivity contribution is -0.323. The van der Waals surface area contributed by atoms with Gasteiger partial charge in [0.15, 0.2) is 6.29 Å². The maximum Gasteiger partial charge on any atom is 0.457 e. The van der Waals surface area contributed by atoms with Gasteiger partial charge in [-0.1, -0.05) is 48.5 Å². The monoisotopic (exact) mass is 350 g/mol. The Hall–Kier alpha value is -2.06. The lowest BCUT2D eigenvalue weighted by atomic mass is 9.81. The Balaban J connectivity index is 2.76. The molecule has 2 aromatic carbocycles. The summed E-state index contributed by atoms with van der Waals surface area (Å²) in [6, 6.07) is 8.53. The molecule has 0 amide bonds. The van der Waals surface area contributed by atoms with Crippen LogP contribution in [0.4, 0.5) is 26.3 Å². The highest BCUT2D eigenvalue weighted by molar-refractivity contribution is 5.41. The van der Waals surface area contributed by atoms with E-state index in [2.05, 4.69) is 0 Å². The molecular formula is C16H12F6O2. The quantitative estimate of drug-likeness (QED) is 0.644. The van der Waals surface area contributed by atoms with Gasteiger partial charge in [0.25, 0.3) is 0 Å². The zero-order valence-electron chi connectivity index (χ0n) is 11.9. The molecule has 2 aromatic rings. The van der Waals surface area contributed by atoms with Gasteiger partial charge in [0, 0.05) is 16.7 Å². The van der Waals surface area contributed by atoms with Crippen LogP contribution in [0.5, 0.6) is 0 Å². The molecule has 8 heteroatoms. The Kier molecular flexibility index (Phi) is 4.65. The van der Waals surface area contributed by atoms with E-state index in [1.165, 1.54) is 6.07 Å². The molecule has 0 radical (unpaired) electrons. The van der Waals surface area contributed by atoms with E-state index in [-0.39, 0.29) is 0 Å². The van der Waals surface area contributed by atoms with Crippen molar-refractivity contribution in [1.82, 2.24) is 0 Å². The second-order valence-corrected chi connectivity index (χ2v) is 5.10. The summed E-state index contributed by atoms with van der Waals surface area (Å²) in [6.07, 6.45) is -8.31. The average Bonchev–Trinajstić information content (AvgIpc) is 2.53. The smallest absolute Gasteiger partial charge is 0.364 e. The Morgan fingerprint density at radius 1 is 0.708 bits per heavy atom. The molecule has 0 aliphatic rings. The summed E-state index contributed by atoms with van der Waals surface area (Å²) in [6.45, 7) is 0. The minimum absolute atomic E-state index is 0.413. The van der Waals surface area contributed by atoms with E-state index in [9.17, 15) is 22.0 Å². The fraction of sp³-hybridized carbons (Fsp3) is 0.250. The van der Waals surface area contributed by atoms with Gasteiger partial charge in [-0.25, -0.2) is 4.39 Å². The number of alkyl halides is 6. The van der Waals surface area contributed by atoms with Gasteiger partial charge in [-0.2, -0.15) is 22.0 Å². The Bertz CT molecular complexity index is 699. The van der Waals surface area contributed by atoms with Crippen LogP contribution >= 0.6 is 0 Å². The van der Waals surface area contributed by atoms with Crippen LogP contribution in [-0.4, -0.2) is 22.3 Å². The van der Waals surface area contributed by atoms with Gasteiger partial charge in [-0.05, 0) is 6.07 Å². The molecule has 0 saturated heterocycles. The SMILES string of the molecule is OC(O)c1cccc(C(F)(c2ccccc2)C(F)(F)C(F)(F)F)c1. The third kappa shape index (κ3) is 2.87. The molecule has 0 bridgehead atoms. The van der Waals surface area contributed by atoms with Crippen LogP contribution in [0.1, 0.15) is 23.0 Å². The Morgan fingerprint density at radius 3 is 1.75 bits per heavy atom. The third-order valence-corrected chi connectivity index (χ3v) is 3.54. The molecule has 130 valence electrons. The molecule has 0 spiro atoms.